The van der Waals surface area contributed by atoms with E-state index in [4.69, 9.17) is 15.5 Å². The summed E-state index contributed by atoms with van der Waals surface area (Å²) >= 11 is 1.27. The second-order valence-electron chi connectivity index (χ2n) is 7.98. The van der Waals surface area contributed by atoms with E-state index in [0.29, 0.717) is 35.9 Å². The molecule has 5 rings (SSSR count). The lowest BCUT2D eigenvalue weighted by Gasteiger charge is -2.11. The van der Waals surface area contributed by atoms with Crippen LogP contribution in [0.4, 0.5) is 21.6 Å². The number of nitrogen functional groups attached to an aromatic ring is 1. The van der Waals surface area contributed by atoms with Crippen molar-refractivity contribution in [2.24, 2.45) is 5.41 Å². The second-order valence-corrected chi connectivity index (χ2v) is 8.86. The zero-order valence-corrected chi connectivity index (χ0v) is 19.0. The average molecular weight is 488 g/mol. The van der Waals surface area contributed by atoms with Gasteiger partial charge >= 0.3 is 0 Å². The van der Waals surface area contributed by atoms with Crippen molar-refractivity contribution in [3.63, 3.8) is 0 Å². The highest BCUT2D eigenvalue weighted by Gasteiger charge is 2.50. The van der Waals surface area contributed by atoms with Crippen LogP contribution < -0.4 is 15.8 Å². The Morgan fingerprint density at radius 2 is 1.89 bits per heavy atom. The number of carbonyl (C=O) groups is 1. The number of carbonyl (C=O) groups excluding carboxylic acids is 1. The molecule has 1 aliphatic rings. The van der Waals surface area contributed by atoms with E-state index in [1.165, 1.54) is 24.1 Å². The number of pyridine rings is 1. The maximum atomic E-state index is 14.1. The number of hydrogen-bond donors (Lipinski definition) is 3. The molecule has 0 bridgehead atoms. The van der Waals surface area contributed by atoms with E-state index in [1.807, 2.05) is 30.3 Å². The molecule has 35 heavy (non-hydrogen) atoms. The van der Waals surface area contributed by atoms with E-state index >= 15 is 0 Å². The topological polar surface area (TPSA) is 143 Å². The zero-order chi connectivity index (χ0) is 24.4. The molecule has 2 heterocycles. The van der Waals surface area contributed by atoms with Crippen LogP contribution in [0.5, 0.6) is 0 Å². The fourth-order valence-electron chi connectivity index (χ4n) is 3.29. The van der Waals surface area contributed by atoms with E-state index in [0.717, 1.165) is 10.5 Å². The Balaban J connectivity index is 1.23. The molecular weight excluding hydrogens is 469 g/mol. The zero-order valence-electron chi connectivity index (χ0n) is 18.2. The minimum absolute atomic E-state index is 0.267. The van der Waals surface area contributed by atoms with Crippen LogP contribution in [0.3, 0.4) is 0 Å². The first-order valence-corrected chi connectivity index (χ1v) is 11.4. The highest BCUT2D eigenvalue weighted by molar-refractivity contribution is 8.00. The predicted molar refractivity (Wildman–Crippen MR) is 129 cm³/mol. The van der Waals surface area contributed by atoms with Crippen LogP contribution in [0, 0.1) is 22.6 Å². The van der Waals surface area contributed by atoms with Crippen molar-refractivity contribution in [2.75, 3.05) is 15.8 Å². The van der Waals surface area contributed by atoms with Crippen molar-refractivity contribution in [1.29, 1.82) is 5.26 Å². The van der Waals surface area contributed by atoms with Crippen molar-refractivity contribution in [3.8, 4) is 29.0 Å². The molecule has 0 atom stereocenters. The van der Waals surface area contributed by atoms with Crippen LogP contribution in [0.1, 0.15) is 12.8 Å². The fraction of sp³-hybridized carbons (Fsp3) is 0.125. The van der Waals surface area contributed by atoms with Gasteiger partial charge in [-0.2, -0.15) is 10.2 Å². The molecule has 4 aromatic rings. The summed E-state index contributed by atoms with van der Waals surface area (Å²) < 4.78 is 22.4. The van der Waals surface area contributed by atoms with Gasteiger partial charge in [-0.05, 0) is 79.4 Å². The Morgan fingerprint density at radius 1 is 1.11 bits per heavy atom. The first-order valence-electron chi connectivity index (χ1n) is 10.6. The highest BCUT2D eigenvalue weighted by atomic mass is 32.2. The Kier molecular flexibility index (Phi) is 5.80. The van der Waals surface area contributed by atoms with Crippen LogP contribution in [-0.2, 0) is 4.79 Å². The monoisotopic (exact) mass is 487 g/mol. The van der Waals surface area contributed by atoms with E-state index < -0.39 is 17.1 Å². The van der Waals surface area contributed by atoms with Gasteiger partial charge in [0.15, 0.2) is 0 Å². The molecule has 4 N–H and O–H groups in total. The lowest BCUT2D eigenvalue weighted by atomic mass is 10.1. The molecule has 1 fully saturated rings. The van der Waals surface area contributed by atoms with Crippen molar-refractivity contribution < 1.29 is 13.7 Å². The smallest absolute Gasteiger partial charge is 0.276 e. The van der Waals surface area contributed by atoms with Gasteiger partial charge in [-0.1, -0.05) is 11.2 Å². The third-order valence-corrected chi connectivity index (χ3v) is 6.21. The molecule has 174 valence electrons. The summed E-state index contributed by atoms with van der Waals surface area (Å²) in [5, 5.41) is 15.8. The number of anilines is 3. The standard InChI is InChI=1S/C24H18FN7O2S/c25-15-10-16(28-23(33)24(13-26)8-9-24)12-17(11-15)32-35-18-6-4-14(5-7-18)21-30-22(34-31-21)19-2-1-3-20(27)29-19/h1-7,10-12,32H,8-9H2,(H2,27,29)(H,28,33). The predicted octanol–water partition coefficient (Wildman–Crippen LogP) is 4.88. The number of nitrogens with one attached hydrogen (secondary N) is 2. The number of nitriles is 1. The molecule has 9 nitrogen and oxygen atoms in total. The molecule has 0 unspecified atom stereocenters. The van der Waals surface area contributed by atoms with E-state index in [1.54, 1.807) is 24.3 Å². The number of rotatable bonds is 7. The number of nitrogens with two attached hydrogens (primary N) is 1. The van der Waals surface area contributed by atoms with E-state index in [-0.39, 0.29) is 11.6 Å². The van der Waals surface area contributed by atoms with Crippen molar-refractivity contribution in [1.82, 2.24) is 15.1 Å². The van der Waals surface area contributed by atoms with E-state index in [2.05, 4.69) is 25.2 Å². The quantitative estimate of drug-likeness (QED) is 0.311. The molecule has 1 aliphatic carbocycles. The maximum Gasteiger partial charge on any atom is 0.276 e. The van der Waals surface area contributed by atoms with Crippen LogP contribution in [-0.4, -0.2) is 21.0 Å². The third kappa shape index (κ3) is 4.92. The maximum absolute atomic E-state index is 14.1. The van der Waals surface area contributed by atoms with Crippen LogP contribution >= 0.6 is 11.9 Å². The summed E-state index contributed by atoms with van der Waals surface area (Å²) in [5.41, 5.74) is 6.71. The number of aromatic nitrogens is 3. The summed E-state index contributed by atoms with van der Waals surface area (Å²) in [6.45, 7) is 0. The fourth-order valence-corrected chi connectivity index (χ4v) is 3.92. The number of amides is 1. The average Bonchev–Trinajstić information content (AvgIpc) is 3.51. The first-order chi connectivity index (χ1) is 16.9. The van der Waals surface area contributed by atoms with Gasteiger partial charge in [0.2, 0.25) is 11.7 Å². The Bertz CT molecular complexity index is 1450. The molecule has 2 aromatic heterocycles. The number of halogens is 1. The van der Waals surface area contributed by atoms with Gasteiger partial charge < -0.3 is 20.3 Å². The molecule has 1 saturated carbocycles. The first kappa shape index (κ1) is 22.4. The van der Waals surface area contributed by atoms with Crippen LogP contribution in [0.25, 0.3) is 23.0 Å². The summed E-state index contributed by atoms with van der Waals surface area (Å²) in [6.07, 6.45) is 1.04. The lowest BCUT2D eigenvalue weighted by Crippen LogP contribution is -2.22. The number of hydrogen-bond acceptors (Lipinski definition) is 9. The van der Waals surface area contributed by atoms with Gasteiger partial charge in [-0.25, -0.2) is 9.37 Å². The highest BCUT2D eigenvalue weighted by Crippen LogP contribution is 2.45. The third-order valence-electron chi connectivity index (χ3n) is 5.37. The van der Waals surface area contributed by atoms with Crippen molar-refractivity contribution in [2.45, 2.75) is 17.7 Å². The molecule has 1 amide bonds. The van der Waals surface area contributed by atoms with Crippen molar-refractivity contribution >= 4 is 35.0 Å². The Morgan fingerprint density at radius 3 is 2.60 bits per heavy atom. The SMILES string of the molecule is N#CC1(C(=O)Nc2cc(F)cc(NSc3ccc(-c4noc(-c5cccc(N)n5)n4)cc3)c2)CC1. The van der Waals surface area contributed by atoms with Gasteiger partial charge in [0.05, 0.1) is 6.07 Å². The summed E-state index contributed by atoms with van der Waals surface area (Å²) in [7, 11) is 0. The van der Waals surface area contributed by atoms with Gasteiger partial charge in [-0.15, -0.1) is 0 Å². The molecule has 2 aromatic carbocycles. The minimum atomic E-state index is -0.985. The number of nitrogens with zero attached hydrogens (tertiary/aromatic N) is 4. The van der Waals surface area contributed by atoms with Gasteiger partial charge in [0.1, 0.15) is 22.7 Å². The Labute approximate surface area is 203 Å². The molecule has 11 heteroatoms. The Hall–Kier alpha value is -4.43. The van der Waals surface area contributed by atoms with Gasteiger partial charge in [-0.3, -0.25) is 4.79 Å². The normalized spacial score (nSPS) is 13.6. The molecule has 0 radical (unpaired) electrons. The van der Waals surface area contributed by atoms with Crippen LogP contribution in [0.2, 0.25) is 0 Å². The molecule has 0 spiro atoms. The summed E-state index contributed by atoms with van der Waals surface area (Å²) in [4.78, 5) is 21.7. The lowest BCUT2D eigenvalue weighted by molar-refractivity contribution is -0.119. The van der Waals surface area contributed by atoms with E-state index in [9.17, 15) is 9.18 Å². The van der Waals surface area contributed by atoms with Gasteiger partial charge in [0.25, 0.3) is 5.89 Å². The van der Waals surface area contributed by atoms with Crippen LogP contribution in [0.15, 0.2) is 70.1 Å². The molecule has 0 aliphatic heterocycles. The summed E-state index contributed by atoms with van der Waals surface area (Å²) in [5.74, 6) is 0.119. The molecular formula is C24H18FN7O2S. The number of benzene rings is 2. The minimum Gasteiger partial charge on any atom is -0.384 e. The largest absolute Gasteiger partial charge is 0.384 e. The van der Waals surface area contributed by atoms with Gasteiger partial charge in [0, 0.05) is 21.8 Å². The van der Waals surface area contributed by atoms with Crippen molar-refractivity contribution in [3.05, 3.63) is 66.5 Å². The second kappa shape index (κ2) is 9.08. The summed E-state index contributed by atoms with van der Waals surface area (Å²) in [6, 6.07) is 18.7. The molecule has 0 saturated heterocycles.